The number of ether oxygens (including phenoxy) is 1. The monoisotopic (exact) mass is 277 g/mol. The van der Waals surface area contributed by atoms with Gasteiger partial charge in [0.15, 0.2) is 0 Å². The second-order valence-electron chi connectivity index (χ2n) is 5.67. The Balaban J connectivity index is 1.88. The van der Waals surface area contributed by atoms with Gasteiger partial charge in [-0.3, -0.25) is 4.90 Å². The van der Waals surface area contributed by atoms with Crippen molar-refractivity contribution < 1.29 is 4.74 Å². The molecule has 0 spiro atoms. The summed E-state index contributed by atoms with van der Waals surface area (Å²) in [5, 5.41) is 3.35. The van der Waals surface area contributed by atoms with E-state index in [0.717, 1.165) is 38.5 Å². The Morgan fingerprint density at radius 1 is 1.50 bits per heavy atom. The summed E-state index contributed by atoms with van der Waals surface area (Å²) < 4.78 is 5.30. The van der Waals surface area contributed by atoms with Crippen molar-refractivity contribution in [3.63, 3.8) is 0 Å². The van der Waals surface area contributed by atoms with Crippen molar-refractivity contribution in [3.8, 4) is 0 Å². The molecular formula is C16H27N3O. The fraction of sp³-hybridized carbons (Fsp3) is 0.688. The van der Waals surface area contributed by atoms with Gasteiger partial charge in [-0.25, -0.2) is 4.98 Å². The largest absolute Gasteiger partial charge is 0.384 e. The van der Waals surface area contributed by atoms with Gasteiger partial charge >= 0.3 is 0 Å². The van der Waals surface area contributed by atoms with Gasteiger partial charge in [-0.1, -0.05) is 6.92 Å². The number of anilines is 1. The van der Waals surface area contributed by atoms with E-state index in [0.29, 0.717) is 5.92 Å². The molecule has 1 aliphatic heterocycles. The molecule has 4 heteroatoms. The Labute approximate surface area is 122 Å². The molecule has 0 amide bonds. The third-order valence-electron chi connectivity index (χ3n) is 3.79. The average Bonchev–Trinajstić information content (AvgIpc) is 2.46. The van der Waals surface area contributed by atoms with Gasteiger partial charge in [0.25, 0.3) is 0 Å². The predicted octanol–water partition coefficient (Wildman–Crippen LogP) is 2.76. The van der Waals surface area contributed by atoms with E-state index in [4.69, 9.17) is 4.74 Å². The minimum Gasteiger partial charge on any atom is -0.384 e. The maximum atomic E-state index is 5.30. The Morgan fingerprint density at radius 2 is 2.40 bits per heavy atom. The van der Waals surface area contributed by atoms with E-state index in [1.54, 1.807) is 7.11 Å². The summed E-state index contributed by atoms with van der Waals surface area (Å²) in [5.41, 5.74) is 1.34. The molecule has 1 aliphatic rings. The molecule has 0 bridgehead atoms. The zero-order chi connectivity index (χ0) is 14.2. The second kappa shape index (κ2) is 8.22. The highest BCUT2D eigenvalue weighted by atomic mass is 16.5. The molecule has 1 N–H and O–H groups in total. The molecule has 1 atom stereocenters. The number of methoxy groups -OCH3 is 1. The summed E-state index contributed by atoms with van der Waals surface area (Å²) in [7, 11) is 1.80. The van der Waals surface area contributed by atoms with Crippen LogP contribution >= 0.6 is 0 Å². The molecule has 112 valence electrons. The van der Waals surface area contributed by atoms with Crippen LogP contribution in [0.4, 0.5) is 5.82 Å². The topological polar surface area (TPSA) is 37.4 Å². The van der Waals surface area contributed by atoms with Crippen LogP contribution in [0.3, 0.4) is 0 Å². The van der Waals surface area contributed by atoms with Gasteiger partial charge in [-0.15, -0.1) is 0 Å². The SMILES string of the molecule is CCCNc1cc(CN2CCCC(COC)C2)ccn1. The first-order valence-corrected chi connectivity index (χ1v) is 7.72. The highest BCUT2D eigenvalue weighted by Crippen LogP contribution is 2.19. The second-order valence-corrected chi connectivity index (χ2v) is 5.67. The summed E-state index contributed by atoms with van der Waals surface area (Å²) in [6.07, 6.45) is 5.60. The van der Waals surface area contributed by atoms with Crippen molar-refractivity contribution in [1.29, 1.82) is 0 Å². The molecule has 1 unspecified atom stereocenters. The first-order valence-electron chi connectivity index (χ1n) is 7.72. The molecule has 4 nitrogen and oxygen atoms in total. The maximum absolute atomic E-state index is 5.30. The van der Waals surface area contributed by atoms with Crippen molar-refractivity contribution in [2.24, 2.45) is 5.92 Å². The molecule has 1 fully saturated rings. The van der Waals surface area contributed by atoms with E-state index < -0.39 is 0 Å². The number of nitrogens with one attached hydrogen (secondary N) is 1. The first-order chi connectivity index (χ1) is 9.81. The Hall–Kier alpha value is -1.13. The Kier molecular flexibility index (Phi) is 6.27. The lowest BCUT2D eigenvalue weighted by molar-refractivity contribution is 0.0874. The van der Waals surface area contributed by atoms with Crippen LogP contribution in [0, 0.1) is 5.92 Å². The third kappa shape index (κ3) is 4.76. The third-order valence-corrected chi connectivity index (χ3v) is 3.79. The first kappa shape index (κ1) is 15.3. The summed E-state index contributed by atoms with van der Waals surface area (Å²) >= 11 is 0. The predicted molar refractivity (Wildman–Crippen MR) is 82.9 cm³/mol. The fourth-order valence-corrected chi connectivity index (χ4v) is 2.85. The van der Waals surface area contributed by atoms with E-state index >= 15 is 0 Å². The molecule has 1 saturated heterocycles. The van der Waals surface area contributed by atoms with E-state index in [1.807, 2.05) is 6.20 Å². The molecular weight excluding hydrogens is 250 g/mol. The number of aromatic nitrogens is 1. The summed E-state index contributed by atoms with van der Waals surface area (Å²) in [6, 6.07) is 4.30. The van der Waals surface area contributed by atoms with Crippen LogP contribution in [0.25, 0.3) is 0 Å². The van der Waals surface area contributed by atoms with Crippen molar-refractivity contribution in [2.75, 3.05) is 38.7 Å². The number of rotatable bonds is 7. The Morgan fingerprint density at radius 3 is 3.20 bits per heavy atom. The van der Waals surface area contributed by atoms with Gasteiger partial charge in [-0.2, -0.15) is 0 Å². The molecule has 2 rings (SSSR count). The number of hydrogen-bond donors (Lipinski definition) is 1. The maximum Gasteiger partial charge on any atom is 0.126 e. The van der Waals surface area contributed by atoms with Gasteiger partial charge in [0.1, 0.15) is 5.82 Å². The van der Waals surface area contributed by atoms with Crippen LogP contribution in [-0.2, 0) is 11.3 Å². The molecule has 20 heavy (non-hydrogen) atoms. The van der Waals surface area contributed by atoms with Crippen molar-refractivity contribution in [1.82, 2.24) is 9.88 Å². The molecule has 1 aromatic rings. The smallest absolute Gasteiger partial charge is 0.126 e. The van der Waals surface area contributed by atoms with Gasteiger partial charge in [0.2, 0.25) is 0 Å². The van der Waals surface area contributed by atoms with Gasteiger partial charge < -0.3 is 10.1 Å². The van der Waals surface area contributed by atoms with E-state index in [2.05, 4.69) is 34.3 Å². The van der Waals surface area contributed by atoms with Crippen LogP contribution in [0.5, 0.6) is 0 Å². The van der Waals surface area contributed by atoms with Gasteiger partial charge in [-0.05, 0) is 49.4 Å². The highest BCUT2D eigenvalue weighted by molar-refractivity contribution is 5.37. The van der Waals surface area contributed by atoms with Gasteiger partial charge in [0, 0.05) is 32.9 Å². The lowest BCUT2D eigenvalue weighted by Gasteiger charge is -2.32. The van der Waals surface area contributed by atoms with E-state index in [-0.39, 0.29) is 0 Å². The van der Waals surface area contributed by atoms with Crippen LogP contribution in [-0.4, -0.2) is 43.2 Å². The number of likely N-dealkylation sites (tertiary alicyclic amines) is 1. The lowest BCUT2D eigenvalue weighted by Crippen LogP contribution is -2.36. The van der Waals surface area contributed by atoms with Crippen molar-refractivity contribution >= 4 is 5.82 Å². The number of pyridine rings is 1. The summed E-state index contributed by atoms with van der Waals surface area (Å²) in [4.78, 5) is 6.90. The number of nitrogens with zero attached hydrogens (tertiary/aromatic N) is 2. The molecule has 0 aliphatic carbocycles. The lowest BCUT2D eigenvalue weighted by atomic mass is 9.98. The van der Waals surface area contributed by atoms with Crippen LogP contribution in [0.2, 0.25) is 0 Å². The normalized spacial score (nSPS) is 20.0. The molecule has 0 aromatic carbocycles. The summed E-state index contributed by atoms with van der Waals surface area (Å²) in [5.74, 6) is 1.68. The van der Waals surface area contributed by atoms with Gasteiger partial charge in [0.05, 0.1) is 6.61 Å². The van der Waals surface area contributed by atoms with Crippen molar-refractivity contribution in [2.45, 2.75) is 32.7 Å². The average molecular weight is 277 g/mol. The molecule has 1 aromatic heterocycles. The van der Waals surface area contributed by atoms with E-state index in [9.17, 15) is 0 Å². The summed E-state index contributed by atoms with van der Waals surface area (Å²) in [6.45, 7) is 7.39. The van der Waals surface area contributed by atoms with Crippen molar-refractivity contribution in [3.05, 3.63) is 23.9 Å². The number of piperidine rings is 1. The number of hydrogen-bond acceptors (Lipinski definition) is 4. The molecule has 0 saturated carbocycles. The van der Waals surface area contributed by atoms with Crippen LogP contribution < -0.4 is 5.32 Å². The van der Waals surface area contributed by atoms with E-state index in [1.165, 1.54) is 24.9 Å². The minimum absolute atomic E-state index is 0.688. The molecule has 0 radical (unpaired) electrons. The standard InChI is InChI=1S/C16H27N3O/c1-3-7-17-16-10-14(6-8-18-16)11-19-9-4-5-15(12-19)13-20-2/h6,8,10,15H,3-5,7,9,11-13H2,1-2H3,(H,17,18). The fourth-order valence-electron chi connectivity index (χ4n) is 2.85. The Bertz CT molecular complexity index is 395. The zero-order valence-corrected chi connectivity index (χ0v) is 12.8. The quantitative estimate of drug-likeness (QED) is 0.831. The van der Waals surface area contributed by atoms with Crippen LogP contribution in [0.1, 0.15) is 31.7 Å². The zero-order valence-electron chi connectivity index (χ0n) is 12.8. The molecule has 2 heterocycles. The minimum atomic E-state index is 0.688. The van der Waals surface area contributed by atoms with Crippen LogP contribution in [0.15, 0.2) is 18.3 Å². The highest BCUT2D eigenvalue weighted by Gasteiger charge is 2.19.